The quantitative estimate of drug-likeness (QED) is 0.601. The van der Waals surface area contributed by atoms with Crippen molar-refractivity contribution < 1.29 is 18.3 Å². The van der Waals surface area contributed by atoms with Crippen molar-refractivity contribution in [2.75, 3.05) is 18.4 Å². The molecule has 2 N–H and O–H groups in total. The van der Waals surface area contributed by atoms with Gasteiger partial charge in [0.25, 0.3) is 5.56 Å². The number of nitrogens with zero attached hydrogens (tertiary/aromatic N) is 2. The molecule has 1 aliphatic rings. The summed E-state index contributed by atoms with van der Waals surface area (Å²) in [6, 6.07) is 5.09. The number of alkyl halides is 1. The number of piperidine rings is 1. The number of ether oxygens (including phenoxy) is 1. The lowest BCUT2D eigenvalue weighted by molar-refractivity contribution is 0.0125. The highest BCUT2D eigenvalue weighted by Crippen LogP contribution is 2.30. The van der Waals surface area contributed by atoms with Gasteiger partial charge in [-0.15, -0.1) is 0 Å². The van der Waals surface area contributed by atoms with Crippen LogP contribution in [0.2, 0.25) is 0 Å². The highest BCUT2D eigenvalue weighted by molar-refractivity contribution is 6.09. The van der Waals surface area contributed by atoms with E-state index in [-0.39, 0.29) is 17.5 Å². The number of halogens is 2. The molecule has 164 valence electrons. The van der Waals surface area contributed by atoms with E-state index in [1.165, 1.54) is 29.3 Å². The molecule has 3 heterocycles. The Balaban J connectivity index is 1.62. The largest absolute Gasteiger partial charge is 0.444 e. The van der Waals surface area contributed by atoms with E-state index >= 15 is 0 Å². The van der Waals surface area contributed by atoms with Crippen LogP contribution in [-0.2, 0) is 4.74 Å². The van der Waals surface area contributed by atoms with Gasteiger partial charge in [-0.2, -0.15) is 0 Å². The minimum atomic E-state index is -1.35. The number of carbonyl (C=O) groups excluding carboxylic acids is 1. The van der Waals surface area contributed by atoms with Crippen molar-refractivity contribution in [3.8, 4) is 0 Å². The molecule has 7 nitrogen and oxygen atoms in total. The van der Waals surface area contributed by atoms with Crippen LogP contribution in [0.3, 0.4) is 0 Å². The molecule has 9 heteroatoms. The molecule has 0 spiro atoms. The summed E-state index contributed by atoms with van der Waals surface area (Å²) in [6.07, 6.45) is -0.0896. The summed E-state index contributed by atoms with van der Waals surface area (Å²) in [5, 5.41) is 4.31. The average Bonchev–Trinajstić information content (AvgIpc) is 2.68. The molecule has 0 unspecified atom stereocenters. The zero-order valence-corrected chi connectivity index (χ0v) is 17.5. The van der Waals surface area contributed by atoms with Crippen molar-refractivity contribution in [1.29, 1.82) is 0 Å². The fourth-order valence-corrected chi connectivity index (χ4v) is 3.78. The summed E-state index contributed by atoms with van der Waals surface area (Å²) in [6.45, 7) is 5.50. The molecule has 0 bridgehead atoms. The Morgan fingerprint density at radius 2 is 2.06 bits per heavy atom. The third-order valence-electron chi connectivity index (χ3n) is 5.19. The fraction of sp³-hybridized carbons (Fsp3) is 0.409. The molecule has 0 saturated carbocycles. The molecule has 4 rings (SSSR count). The van der Waals surface area contributed by atoms with Gasteiger partial charge in [-0.1, -0.05) is 0 Å². The van der Waals surface area contributed by atoms with E-state index in [1.807, 2.05) is 0 Å². The summed E-state index contributed by atoms with van der Waals surface area (Å²) in [5.74, 6) is -0.116. The predicted octanol–water partition coefficient (Wildman–Crippen LogP) is 3.97. The summed E-state index contributed by atoms with van der Waals surface area (Å²) < 4.78 is 34.2. The van der Waals surface area contributed by atoms with Crippen LogP contribution in [0.15, 0.2) is 35.3 Å². The maximum Gasteiger partial charge on any atom is 0.410 e. The number of aromatic amines is 1. The smallest absolute Gasteiger partial charge is 0.410 e. The number of H-pyrrole nitrogens is 1. The van der Waals surface area contributed by atoms with Gasteiger partial charge in [0.2, 0.25) is 0 Å². The van der Waals surface area contributed by atoms with E-state index < -0.39 is 29.7 Å². The van der Waals surface area contributed by atoms with Crippen LogP contribution in [0, 0.1) is 5.82 Å². The SMILES string of the molecule is CC(C)(C)OC(=O)N1CC[C@@H](Nc2nc3cc[nH]c(=O)c3c3cc(F)ccc23)[C@H](F)C1. The molecule has 2 aromatic heterocycles. The van der Waals surface area contributed by atoms with Crippen LogP contribution >= 0.6 is 0 Å². The number of nitrogens with one attached hydrogen (secondary N) is 2. The molecule has 1 aromatic carbocycles. The second-order valence-electron chi connectivity index (χ2n) is 8.70. The highest BCUT2D eigenvalue weighted by atomic mass is 19.1. The highest BCUT2D eigenvalue weighted by Gasteiger charge is 2.34. The van der Waals surface area contributed by atoms with Gasteiger partial charge < -0.3 is 19.9 Å². The second kappa shape index (κ2) is 7.79. The molecular weight excluding hydrogens is 406 g/mol. The number of hydrogen-bond acceptors (Lipinski definition) is 5. The first-order valence-electron chi connectivity index (χ1n) is 10.1. The van der Waals surface area contributed by atoms with Crippen LogP contribution < -0.4 is 10.9 Å². The predicted molar refractivity (Wildman–Crippen MR) is 115 cm³/mol. The van der Waals surface area contributed by atoms with Gasteiger partial charge in [-0.3, -0.25) is 4.79 Å². The minimum Gasteiger partial charge on any atom is -0.444 e. The monoisotopic (exact) mass is 430 g/mol. The maximum atomic E-state index is 15.0. The van der Waals surface area contributed by atoms with E-state index in [2.05, 4.69) is 15.3 Å². The first kappa shape index (κ1) is 21.0. The van der Waals surface area contributed by atoms with Crippen molar-refractivity contribution >= 4 is 33.6 Å². The van der Waals surface area contributed by atoms with Gasteiger partial charge in [-0.05, 0) is 51.5 Å². The number of fused-ring (bicyclic) bond motifs is 3. The number of likely N-dealkylation sites (tertiary alicyclic amines) is 1. The third-order valence-corrected chi connectivity index (χ3v) is 5.19. The maximum absolute atomic E-state index is 15.0. The first-order valence-corrected chi connectivity index (χ1v) is 10.1. The van der Waals surface area contributed by atoms with E-state index in [9.17, 15) is 18.4 Å². The van der Waals surface area contributed by atoms with Crippen LogP contribution in [0.4, 0.5) is 19.4 Å². The Morgan fingerprint density at radius 1 is 1.29 bits per heavy atom. The van der Waals surface area contributed by atoms with Gasteiger partial charge in [0.1, 0.15) is 23.4 Å². The third kappa shape index (κ3) is 4.30. The summed E-state index contributed by atoms with van der Waals surface area (Å²) in [4.78, 5) is 33.0. The number of amides is 1. The number of benzene rings is 1. The lowest BCUT2D eigenvalue weighted by Gasteiger charge is -2.36. The standard InChI is InChI=1S/C22H24F2N4O3/c1-22(2,3)31-21(30)28-9-7-16(15(24)11-28)26-19-13-5-4-12(23)10-14(13)18-17(27-19)6-8-25-20(18)29/h4-6,8,10,15-16H,7,9,11H2,1-3H3,(H,25,29)(H,26,27)/t15-,16-/m1/s1. The van der Waals surface area contributed by atoms with E-state index in [0.717, 1.165) is 0 Å². The van der Waals surface area contributed by atoms with Crippen molar-refractivity contribution in [3.63, 3.8) is 0 Å². The van der Waals surface area contributed by atoms with Crippen LogP contribution in [0.25, 0.3) is 21.7 Å². The number of hydrogen-bond donors (Lipinski definition) is 2. The average molecular weight is 430 g/mol. The molecule has 1 aliphatic heterocycles. The molecule has 1 saturated heterocycles. The van der Waals surface area contributed by atoms with Gasteiger partial charge in [0, 0.05) is 23.5 Å². The molecule has 0 aliphatic carbocycles. The Hall–Kier alpha value is -3.23. The zero-order chi connectivity index (χ0) is 22.3. The Kier molecular flexibility index (Phi) is 5.28. The molecular formula is C22H24F2N4O3. The Morgan fingerprint density at radius 3 is 2.77 bits per heavy atom. The number of anilines is 1. The van der Waals surface area contributed by atoms with Crippen molar-refractivity contribution in [1.82, 2.24) is 14.9 Å². The molecule has 1 amide bonds. The lowest BCUT2D eigenvalue weighted by atomic mass is 10.0. The molecule has 0 radical (unpaired) electrons. The topological polar surface area (TPSA) is 87.3 Å². The first-order chi connectivity index (χ1) is 14.6. The van der Waals surface area contributed by atoms with Crippen molar-refractivity contribution in [2.24, 2.45) is 0 Å². The Bertz CT molecular complexity index is 1210. The van der Waals surface area contributed by atoms with Gasteiger partial charge in [0.15, 0.2) is 0 Å². The van der Waals surface area contributed by atoms with Crippen LogP contribution in [0.5, 0.6) is 0 Å². The molecule has 1 fully saturated rings. The van der Waals surface area contributed by atoms with E-state index in [1.54, 1.807) is 26.8 Å². The minimum absolute atomic E-state index is 0.105. The molecule has 31 heavy (non-hydrogen) atoms. The number of pyridine rings is 2. The van der Waals surface area contributed by atoms with Crippen molar-refractivity contribution in [2.45, 2.75) is 45.0 Å². The lowest BCUT2D eigenvalue weighted by Crippen LogP contribution is -2.51. The summed E-state index contributed by atoms with van der Waals surface area (Å²) in [7, 11) is 0. The van der Waals surface area contributed by atoms with E-state index in [0.29, 0.717) is 35.1 Å². The van der Waals surface area contributed by atoms with Crippen molar-refractivity contribution in [3.05, 3.63) is 46.6 Å². The van der Waals surface area contributed by atoms with Gasteiger partial charge >= 0.3 is 6.09 Å². The number of rotatable bonds is 2. The fourth-order valence-electron chi connectivity index (χ4n) is 3.78. The Labute approximate surface area is 177 Å². The van der Waals surface area contributed by atoms with Crippen LogP contribution in [-0.4, -0.2) is 51.9 Å². The summed E-state index contributed by atoms with van der Waals surface area (Å²) in [5.41, 5.74) is -0.647. The van der Waals surface area contributed by atoms with E-state index in [4.69, 9.17) is 4.74 Å². The van der Waals surface area contributed by atoms with Gasteiger partial charge in [0.05, 0.1) is 23.5 Å². The second-order valence-corrected chi connectivity index (χ2v) is 8.70. The normalized spacial score (nSPS) is 19.6. The molecule has 2 atom stereocenters. The summed E-state index contributed by atoms with van der Waals surface area (Å²) >= 11 is 0. The number of aromatic nitrogens is 2. The number of carbonyl (C=O) groups is 1. The van der Waals surface area contributed by atoms with Gasteiger partial charge in [-0.25, -0.2) is 18.6 Å². The zero-order valence-electron chi connectivity index (χ0n) is 17.5. The molecule has 3 aromatic rings. The van der Waals surface area contributed by atoms with Crippen LogP contribution in [0.1, 0.15) is 27.2 Å².